The molecule has 0 aromatic rings. The van der Waals surface area contributed by atoms with E-state index >= 15 is 0 Å². The van der Waals surface area contributed by atoms with Crippen molar-refractivity contribution in [3.05, 3.63) is 0 Å². The second-order valence-electron chi connectivity index (χ2n) is 19.7. The first-order chi connectivity index (χ1) is 32.1. The topological polar surface area (TPSA) is 149 Å². The maximum atomic E-state index is 13.2. The third kappa shape index (κ3) is 47.7. The third-order valence-electron chi connectivity index (χ3n) is 12.9. The van der Waals surface area contributed by atoms with E-state index in [1.165, 1.54) is 193 Å². The van der Waals surface area contributed by atoms with Gasteiger partial charge in [-0.1, -0.05) is 290 Å². The largest absolute Gasteiger partial charge is 0.893 e. The highest BCUT2D eigenvalue weighted by molar-refractivity contribution is 6.69. The van der Waals surface area contributed by atoms with Crippen molar-refractivity contribution in [3.8, 4) is 0 Å². The normalized spacial score (nSPS) is 11.9. The standard InChI is InChI=1S/C54H108O10Si2/c1-4-7-10-13-16-19-22-25-28-31-34-37-40-43-46-49-52(55)61-66(64-65(58,59)60,62-53(56)50-47-44-41-38-35-32-29-26-23-20-17-14-11-8-5-2)63-54(57)51-48-45-42-39-36-33-30-27-24-21-18-15-12-9-6-3/h58-60H,4-51H2,1-3H3. The van der Waals surface area contributed by atoms with Crippen molar-refractivity contribution in [1.82, 2.24) is 0 Å². The summed E-state index contributed by atoms with van der Waals surface area (Å²) < 4.78 is 21.5. The van der Waals surface area contributed by atoms with Crippen molar-refractivity contribution in [1.29, 1.82) is 0 Å². The Kier molecular flexibility index (Phi) is 47.7. The number of unbranched alkanes of at least 4 members (excludes halogenated alkanes) is 42. The van der Waals surface area contributed by atoms with Gasteiger partial charge in [-0.25, -0.2) is 0 Å². The second kappa shape index (κ2) is 48.7. The molecule has 0 aromatic carbocycles. The van der Waals surface area contributed by atoms with Crippen LogP contribution in [0.25, 0.3) is 0 Å². The third-order valence-corrected chi connectivity index (χ3v) is 16.5. The minimum Gasteiger partial charge on any atom is -0.433 e. The van der Waals surface area contributed by atoms with Gasteiger partial charge in [-0.05, 0) is 19.3 Å². The van der Waals surface area contributed by atoms with E-state index in [9.17, 15) is 28.8 Å². The zero-order valence-electron chi connectivity index (χ0n) is 43.6. The smallest absolute Gasteiger partial charge is 0.433 e. The van der Waals surface area contributed by atoms with Gasteiger partial charge in [-0.3, -0.25) is 18.5 Å². The van der Waals surface area contributed by atoms with E-state index in [4.69, 9.17) is 17.4 Å². The maximum Gasteiger partial charge on any atom is 0.893 e. The molecule has 392 valence electrons. The van der Waals surface area contributed by atoms with Gasteiger partial charge in [-0.15, -0.1) is 0 Å². The molecule has 0 aliphatic carbocycles. The fourth-order valence-electron chi connectivity index (χ4n) is 8.79. The van der Waals surface area contributed by atoms with E-state index < -0.39 is 36.0 Å². The molecular weight excluding hydrogens is 865 g/mol. The van der Waals surface area contributed by atoms with Crippen molar-refractivity contribution in [3.63, 3.8) is 0 Å². The second-order valence-corrected chi connectivity index (χ2v) is 23.3. The molecule has 0 saturated carbocycles. The maximum absolute atomic E-state index is 13.2. The van der Waals surface area contributed by atoms with Crippen LogP contribution in [-0.4, -0.2) is 50.4 Å². The monoisotopic (exact) mass is 973 g/mol. The van der Waals surface area contributed by atoms with Crippen molar-refractivity contribution in [2.24, 2.45) is 0 Å². The summed E-state index contributed by atoms with van der Waals surface area (Å²) in [6, 6.07) is 0. The molecule has 66 heavy (non-hydrogen) atoms. The van der Waals surface area contributed by atoms with Gasteiger partial charge in [0.25, 0.3) is 17.9 Å². The van der Waals surface area contributed by atoms with E-state index in [1.54, 1.807) is 0 Å². The summed E-state index contributed by atoms with van der Waals surface area (Å²) in [5, 5.41) is 0. The number of rotatable bonds is 53. The van der Waals surface area contributed by atoms with E-state index in [0.29, 0.717) is 19.3 Å². The molecule has 0 fully saturated rings. The van der Waals surface area contributed by atoms with E-state index in [-0.39, 0.29) is 19.3 Å². The lowest BCUT2D eigenvalue weighted by Crippen LogP contribution is -2.60. The van der Waals surface area contributed by atoms with Crippen LogP contribution >= 0.6 is 0 Å². The molecule has 0 heterocycles. The van der Waals surface area contributed by atoms with Crippen LogP contribution in [0, 0.1) is 0 Å². The zero-order chi connectivity index (χ0) is 48.5. The Morgan fingerprint density at radius 3 is 0.576 bits per heavy atom. The van der Waals surface area contributed by atoms with Crippen LogP contribution in [0.4, 0.5) is 0 Å². The molecule has 0 unspecified atom stereocenters. The van der Waals surface area contributed by atoms with Crippen LogP contribution in [0.15, 0.2) is 0 Å². The first kappa shape index (κ1) is 64.7. The van der Waals surface area contributed by atoms with Crippen LogP contribution in [0.3, 0.4) is 0 Å². The first-order valence-electron chi connectivity index (χ1n) is 28.6. The van der Waals surface area contributed by atoms with E-state index in [2.05, 4.69) is 20.8 Å². The lowest BCUT2D eigenvalue weighted by molar-refractivity contribution is -0.157. The van der Waals surface area contributed by atoms with Crippen LogP contribution in [0.2, 0.25) is 0 Å². The van der Waals surface area contributed by atoms with Crippen LogP contribution in [0.5, 0.6) is 0 Å². The van der Waals surface area contributed by atoms with Crippen molar-refractivity contribution < 1.29 is 46.2 Å². The Hall–Kier alpha value is -1.32. The average Bonchev–Trinajstić information content (AvgIpc) is 3.27. The Labute approximate surface area is 409 Å². The number of carbonyl (C=O) groups is 3. The first-order valence-corrected chi connectivity index (χ1v) is 32.0. The Bertz CT molecular complexity index is 955. The molecule has 0 amide bonds. The average molecular weight is 974 g/mol. The molecule has 0 bridgehead atoms. The number of hydrogen-bond donors (Lipinski definition) is 3. The minimum atomic E-state index is -5.49. The molecule has 0 spiro atoms. The molecule has 10 nitrogen and oxygen atoms in total. The fourth-order valence-corrected chi connectivity index (χ4v) is 11.9. The quantitative estimate of drug-likeness (QED) is 0.0397. The van der Waals surface area contributed by atoms with Crippen molar-refractivity contribution in [2.75, 3.05) is 0 Å². The van der Waals surface area contributed by atoms with Gasteiger partial charge < -0.3 is 27.7 Å². The molecule has 0 atom stereocenters. The molecule has 0 aliphatic heterocycles. The molecule has 12 heteroatoms. The fraction of sp³-hybridized carbons (Fsp3) is 0.944. The number of hydrogen-bond acceptors (Lipinski definition) is 10. The lowest BCUT2D eigenvalue weighted by Gasteiger charge is -2.27. The summed E-state index contributed by atoms with van der Waals surface area (Å²) in [6.07, 6.45) is 52.7. The van der Waals surface area contributed by atoms with Gasteiger partial charge in [0.2, 0.25) is 0 Å². The summed E-state index contributed by atoms with van der Waals surface area (Å²) >= 11 is 0. The number of carbonyl (C=O) groups excluding carboxylic acids is 3. The zero-order valence-corrected chi connectivity index (χ0v) is 45.6. The van der Waals surface area contributed by atoms with Crippen molar-refractivity contribution in [2.45, 2.75) is 329 Å². The van der Waals surface area contributed by atoms with Gasteiger partial charge in [0.05, 0.1) is 0 Å². The molecule has 0 aliphatic rings. The van der Waals surface area contributed by atoms with Gasteiger partial charge in [0, 0.05) is 19.3 Å². The predicted molar refractivity (Wildman–Crippen MR) is 276 cm³/mol. The van der Waals surface area contributed by atoms with Crippen LogP contribution in [0.1, 0.15) is 329 Å². The summed E-state index contributed by atoms with van der Waals surface area (Å²) in [6.45, 7) is 6.75. The van der Waals surface area contributed by atoms with Crippen LogP contribution in [-0.2, 0) is 31.8 Å². The molecule has 0 saturated heterocycles. The minimum absolute atomic E-state index is 0.0552. The molecule has 0 rings (SSSR count). The van der Waals surface area contributed by atoms with E-state index in [0.717, 1.165) is 77.0 Å². The van der Waals surface area contributed by atoms with Crippen molar-refractivity contribution >= 4 is 36.0 Å². The van der Waals surface area contributed by atoms with Gasteiger partial charge in [0.1, 0.15) is 0 Å². The molecule has 0 aromatic heterocycles. The molecule has 0 radical (unpaired) electrons. The summed E-state index contributed by atoms with van der Waals surface area (Å²) in [7, 11) is -10.7. The molecular formula is C54H108O10Si2. The Morgan fingerprint density at radius 1 is 0.273 bits per heavy atom. The van der Waals surface area contributed by atoms with Gasteiger partial charge in [0.15, 0.2) is 0 Å². The van der Waals surface area contributed by atoms with Gasteiger partial charge in [-0.2, -0.15) is 0 Å². The highest BCUT2D eigenvalue weighted by Gasteiger charge is 2.64. The summed E-state index contributed by atoms with van der Waals surface area (Å²) in [4.78, 5) is 69.6. The predicted octanol–water partition coefficient (Wildman–Crippen LogP) is 16.3. The lowest BCUT2D eigenvalue weighted by atomic mass is 10.0. The Morgan fingerprint density at radius 2 is 0.424 bits per heavy atom. The van der Waals surface area contributed by atoms with Gasteiger partial charge >= 0.3 is 18.1 Å². The highest BCUT2D eigenvalue weighted by atomic mass is 28.5. The summed E-state index contributed by atoms with van der Waals surface area (Å²) in [5.41, 5.74) is 0. The van der Waals surface area contributed by atoms with Crippen LogP contribution < -0.4 is 0 Å². The molecule has 3 N–H and O–H groups in total. The van der Waals surface area contributed by atoms with E-state index in [1.807, 2.05) is 0 Å². The highest BCUT2D eigenvalue weighted by Crippen LogP contribution is 2.23. The SMILES string of the molecule is CCCCCCCCCCCCCCCCCC(=O)O[Si](OC(=O)CCCCCCCCCCCCCCCCC)(OC(=O)CCCCCCCCCCCCCCCCC)O[Si](O)(O)O. The summed E-state index contributed by atoms with van der Waals surface area (Å²) in [5.74, 6) is -2.52. The Balaban J connectivity index is 4.89.